The van der Waals surface area contributed by atoms with Gasteiger partial charge in [0.05, 0.1) is 23.2 Å². The van der Waals surface area contributed by atoms with Crippen molar-refractivity contribution in [1.29, 1.82) is 0 Å². The lowest BCUT2D eigenvalue weighted by Crippen LogP contribution is -2.53. The summed E-state index contributed by atoms with van der Waals surface area (Å²) in [6, 6.07) is 33.9. The van der Waals surface area contributed by atoms with E-state index in [1.165, 1.54) is 21.3 Å². The van der Waals surface area contributed by atoms with Crippen molar-refractivity contribution in [3.63, 3.8) is 0 Å². The summed E-state index contributed by atoms with van der Waals surface area (Å²) in [6.07, 6.45) is 8.70. The fourth-order valence-corrected chi connectivity index (χ4v) is 9.46. The van der Waals surface area contributed by atoms with E-state index in [1.54, 1.807) is 17.4 Å². The third-order valence-electron chi connectivity index (χ3n) is 11.8. The number of piperidine rings is 2. The monoisotopic (exact) mass is 805 g/mol. The summed E-state index contributed by atoms with van der Waals surface area (Å²) in [5.41, 5.74) is 4.26. The third kappa shape index (κ3) is 8.47. The number of aryl methyl sites for hydroxylation is 1. The van der Waals surface area contributed by atoms with E-state index in [1.807, 2.05) is 114 Å². The first kappa shape index (κ1) is 38.6. The third-order valence-corrected chi connectivity index (χ3v) is 12.8. The van der Waals surface area contributed by atoms with Crippen LogP contribution in [-0.2, 0) is 24.5 Å². The molecule has 59 heavy (non-hydrogen) atoms. The number of thiazole rings is 1. The summed E-state index contributed by atoms with van der Waals surface area (Å²) >= 11 is 1.69. The number of aliphatic hydroxyl groups is 1. The molecule has 1 amide bonds. The summed E-state index contributed by atoms with van der Waals surface area (Å²) in [5, 5.41) is 13.2. The second-order valence-corrected chi connectivity index (χ2v) is 17.0. The van der Waals surface area contributed by atoms with Crippen LogP contribution < -0.4 is 10.3 Å². The molecule has 9 rings (SSSR count). The molecule has 12 heteroatoms. The first-order valence-electron chi connectivity index (χ1n) is 20.3. The van der Waals surface area contributed by atoms with Crippen LogP contribution >= 0.6 is 11.3 Å². The van der Waals surface area contributed by atoms with Crippen molar-refractivity contribution in [2.45, 2.75) is 57.4 Å². The van der Waals surface area contributed by atoms with Crippen molar-refractivity contribution in [3.8, 4) is 22.0 Å². The number of rotatable bonds is 11. The fourth-order valence-electron chi connectivity index (χ4n) is 8.52. The van der Waals surface area contributed by atoms with E-state index in [-0.39, 0.29) is 29.8 Å². The summed E-state index contributed by atoms with van der Waals surface area (Å²) in [5.74, 6) is 0.737. The second kappa shape index (κ2) is 16.7. The number of likely N-dealkylation sites (tertiary alicyclic amines) is 2. The largest absolute Gasteiger partial charge is 0.489 e. The molecule has 0 saturated carbocycles. The number of pyridine rings is 1. The predicted octanol–water partition coefficient (Wildman–Crippen LogP) is 7.25. The molecular formula is C47H47N7O4S. The molecule has 2 atom stereocenters. The number of nitrogens with zero attached hydrogens (tertiary/aromatic N) is 7. The Balaban J connectivity index is 0.841. The minimum Gasteiger partial charge on any atom is -0.489 e. The van der Waals surface area contributed by atoms with Crippen molar-refractivity contribution < 1.29 is 14.6 Å². The van der Waals surface area contributed by atoms with Gasteiger partial charge in [0.25, 0.3) is 5.56 Å². The van der Waals surface area contributed by atoms with E-state index in [9.17, 15) is 14.7 Å². The van der Waals surface area contributed by atoms with E-state index in [0.717, 1.165) is 53.6 Å². The molecule has 0 bridgehead atoms. The first-order chi connectivity index (χ1) is 28.8. The highest BCUT2D eigenvalue weighted by Gasteiger charge is 2.41. The molecule has 3 aromatic carbocycles. The Morgan fingerprint density at radius 1 is 0.898 bits per heavy atom. The minimum absolute atomic E-state index is 0.0416. The molecule has 0 unspecified atom stereocenters. The lowest BCUT2D eigenvalue weighted by molar-refractivity contribution is -0.142. The Bertz CT molecular complexity index is 2600. The fraction of sp³-hybridized carbons (Fsp3) is 0.298. The van der Waals surface area contributed by atoms with Crippen molar-refractivity contribution in [2.75, 3.05) is 26.2 Å². The molecule has 0 aliphatic carbocycles. The van der Waals surface area contributed by atoms with Gasteiger partial charge in [-0.1, -0.05) is 66.7 Å². The van der Waals surface area contributed by atoms with Crippen LogP contribution in [0.2, 0.25) is 0 Å². The highest BCUT2D eigenvalue weighted by atomic mass is 32.1. The maximum atomic E-state index is 14.3. The predicted molar refractivity (Wildman–Crippen MR) is 230 cm³/mol. The van der Waals surface area contributed by atoms with Crippen molar-refractivity contribution in [2.24, 2.45) is 5.92 Å². The Kier molecular flexibility index (Phi) is 10.9. The first-order valence-corrected chi connectivity index (χ1v) is 21.1. The second-order valence-electron chi connectivity index (χ2n) is 15.9. The Hall–Kier alpha value is -5.95. The van der Waals surface area contributed by atoms with Gasteiger partial charge in [-0.05, 0) is 74.2 Å². The molecule has 300 valence electrons. The molecule has 4 aromatic heterocycles. The van der Waals surface area contributed by atoms with Gasteiger partial charge in [-0.3, -0.25) is 24.0 Å². The van der Waals surface area contributed by atoms with E-state index >= 15 is 0 Å². The van der Waals surface area contributed by atoms with Crippen molar-refractivity contribution in [3.05, 3.63) is 160 Å². The number of aromatic nitrogens is 5. The highest BCUT2D eigenvalue weighted by Crippen LogP contribution is 2.37. The summed E-state index contributed by atoms with van der Waals surface area (Å²) in [7, 11) is 0. The number of amides is 1. The lowest BCUT2D eigenvalue weighted by atomic mass is 9.79. The lowest BCUT2D eigenvalue weighted by Gasteiger charge is -2.43. The van der Waals surface area contributed by atoms with Gasteiger partial charge in [-0.15, -0.1) is 11.3 Å². The molecular weight excluding hydrogens is 759 g/mol. The molecule has 0 radical (unpaired) electrons. The van der Waals surface area contributed by atoms with Gasteiger partial charge in [-0.2, -0.15) is 0 Å². The molecule has 2 aliphatic rings. The molecule has 2 saturated heterocycles. The van der Waals surface area contributed by atoms with E-state index in [0.29, 0.717) is 49.3 Å². The maximum Gasteiger partial charge on any atom is 0.262 e. The topological polar surface area (TPSA) is 119 Å². The number of carbonyl (C=O) groups is 1. The zero-order valence-corrected chi connectivity index (χ0v) is 33.9. The average Bonchev–Trinajstić information content (AvgIpc) is 3.93. The van der Waals surface area contributed by atoms with Crippen LogP contribution in [0.3, 0.4) is 0 Å². The van der Waals surface area contributed by atoms with Crippen LogP contribution in [0, 0.1) is 12.8 Å². The Labute approximate surface area is 347 Å². The van der Waals surface area contributed by atoms with Crippen molar-refractivity contribution in [1.82, 2.24) is 33.9 Å². The number of carbonyl (C=O) groups excluding carboxylic acids is 1. The van der Waals surface area contributed by atoms with Crippen LogP contribution in [0.1, 0.15) is 46.9 Å². The van der Waals surface area contributed by atoms with Gasteiger partial charge in [-0.25, -0.2) is 9.97 Å². The maximum absolute atomic E-state index is 14.3. The number of ether oxygens (including phenoxy) is 1. The molecule has 2 aliphatic heterocycles. The van der Waals surface area contributed by atoms with E-state index in [4.69, 9.17) is 14.7 Å². The van der Waals surface area contributed by atoms with Gasteiger partial charge < -0.3 is 19.3 Å². The zero-order valence-electron chi connectivity index (χ0n) is 33.1. The summed E-state index contributed by atoms with van der Waals surface area (Å²) in [4.78, 5) is 47.5. The number of benzene rings is 3. The average molecular weight is 806 g/mol. The molecule has 0 spiro atoms. The zero-order chi connectivity index (χ0) is 40.3. The van der Waals surface area contributed by atoms with E-state index < -0.39 is 5.60 Å². The molecule has 6 heterocycles. The van der Waals surface area contributed by atoms with Gasteiger partial charge >= 0.3 is 0 Å². The van der Waals surface area contributed by atoms with Crippen LogP contribution in [0.15, 0.2) is 133 Å². The standard InChI is InChI=1S/C47H47N7O4S/c1-33-15-16-36(26-48-33)44-49-27-39(59-44)28-51-21-17-40(42(29-51)35-11-6-3-7-12-35)45(55)52-23-19-47(57,20-24-52)31-53-32-50-43-41(46(53)56)18-22-54(43)37-13-8-14-38(25-37)58-30-34-9-4-2-5-10-34/h2-16,18,22,25-27,32,40,42,57H,17,19-21,23-24,28-31H2,1H3/t40-,42+/m1/s1. The minimum atomic E-state index is -1.15. The van der Waals surface area contributed by atoms with Crippen LogP contribution in [0.4, 0.5) is 0 Å². The van der Waals surface area contributed by atoms with E-state index in [2.05, 4.69) is 28.1 Å². The SMILES string of the molecule is Cc1ccc(-c2ncc(CN3CC[C@@H](C(=O)N4CCC(O)(Cn5cnc6c(ccn6-c6cccc(OCc7ccccc7)c6)c5=O)CC4)[C@H](c4ccccc4)C3)s2)cn1. The van der Waals surface area contributed by atoms with Gasteiger partial charge in [0.1, 0.15) is 23.7 Å². The number of hydrogen-bond donors (Lipinski definition) is 1. The molecule has 7 aromatic rings. The van der Waals surface area contributed by atoms with Gasteiger partial charge in [0.15, 0.2) is 5.65 Å². The summed E-state index contributed by atoms with van der Waals surface area (Å²) < 4.78 is 9.43. The molecule has 11 nitrogen and oxygen atoms in total. The van der Waals surface area contributed by atoms with Gasteiger partial charge in [0, 0.05) is 78.8 Å². The smallest absolute Gasteiger partial charge is 0.262 e. The van der Waals surface area contributed by atoms with Crippen LogP contribution in [0.25, 0.3) is 27.3 Å². The normalized spacial score (nSPS) is 18.2. The summed E-state index contributed by atoms with van der Waals surface area (Å²) in [6.45, 7) is 5.75. The highest BCUT2D eigenvalue weighted by molar-refractivity contribution is 7.15. The van der Waals surface area contributed by atoms with Crippen LogP contribution in [-0.4, -0.2) is 76.7 Å². The quantitative estimate of drug-likeness (QED) is 0.145. The number of fused-ring (bicyclic) bond motifs is 1. The molecule has 1 N–H and O–H groups in total. The number of hydrogen-bond acceptors (Lipinski definition) is 9. The Morgan fingerprint density at radius 3 is 2.47 bits per heavy atom. The molecule has 2 fully saturated rings. The van der Waals surface area contributed by atoms with Gasteiger partial charge in [0.2, 0.25) is 5.91 Å². The Morgan fingerprint density at radius 2 is 1.69 bits per heavy atom. The van der Waals surface area contributed by atoms with Crippen molar-refractivity contribution >= 4 is 28.3 Å². The van der Waals surface area contributed by atoms with Crippen LogP contribution in [0.5, 0.6) is 5.75 Å².